The number of rotatable bonds is 2. The standard InChI is InChI=1S/C6H13N5/c1-4(2)5(7)6-8-10-11(3)9-6/h4-5H,7H2,1-3H3. The number of aryl methyl sites for hydroxylation is 1. The molecule has 5 heteroatoms. The molecule has 0 bridgehead atoms. The molecule has 0 aliphatic carbocycles. The van der Waals surface area contributed by atoms with Gasteiger partial charge in [0, 0.05) is 0 Å². The Labute approximate surface area is 65.6 Å². The van der Waals surface area contributed by atoms with E-state index in [9.17, 15) is 0 Å². The third kappa shape index (κ3) is 1.74. The van der Waals surface area contributed by atoms with Crippen molar-refractivity contribution in [2.45, 2.75) is 19.9 Å². The molecular weight excluding hydrogens is 142 g/mol. The fraction of sp³-hybridized carbons (Fsp3) is 0.833. The first-order chi connectivity index (χ1) is 5.11. The van der Waals surface area contributed by atoms with E-state index < -0.39 is 0 Å². The van der Waals surface area contributed by atoms with Gasteiger partial charge in [-0.05, 0) is 11.1 Å². The van der Waals surface area contributed by atoms with Crippen LogP contribution in [0, 0.1) is 5.92 Å². The van der Waals surface area contributed by atoms with E-state index in [1.54, 1.807) is 7.05 Å². The highest BCUT2D eigenvalue weighted by molar-refractivity contribution is 4.88. The van der Waals surface area contributed by atoms with Gasteiger partial charge in [0.05, 0.1) is 13.1 Å². The molecule has 1 atom stereocenters. The van der Waals surface area contributed by atoms with E-state index in [0.29, 0.717) is 11.7 Å². The molecule has 62 valence electrons. The van der Waals surface area contributed by atoms with Crippen LogP contribution in [0.4, 0.5) is 0 Å². The van der Waals surface area contributed by atoms with Crippen LogP contribution in [0.2, 0.25) is 0 Å². The molecular formula is C6H13N5. The lowest BCUT2D eigenvalue weighted by atomic mass is 10.1. The summed E-state index contributed by atoms with van der Waals surface area (Å²) >= 11 is 0. The molecule has 0 radical (unpaired) electrons. The lowest BCUT2D eigenvalue weighted by Crippen LogP contribution is -2.18. The molecule has 2 N–H and O–H groups in total. The molecule has 1 rings (SSSR count). The second-order valence-electron chi connectivity index (χ2n) is 2.91. The zero-order valence-electron chi connectivity index (χ0n) is 7.02. The molecule has 1 aromatic rings. The minimum atomic E-state index is -0.108. The van der Waals surface area contributed by atoms with Crippen molar-refractivity contribution in [2.75, 3.05) is 0 Å². The van der Waals surface area contributed by atoms with Crippen LogP contribution in [0.1, 0.15) is 25.7 Å². The third-order valence-corrected chi connectivity index (χ3v) is 1.54. The number of tetrazole rings is 1. The van der Waals surface area contributed by atoms with E-state index >= 15 is 0 Å². The van der Waals surface area contributed by atoms with Crippen molar-refractivity contribution in [1.82, 2.24) is 20.2 Å². The van der Waals surface area contributed by atoms with Gasteiger partial charge in [0.2, 0.25) is 0 Å². The molecule has 1 unspecified atom stereocenters. The van der Waals surface area contributed by atoms with Gasteiger partial charge in [-0.15, -0.1) is 10.2 Å². The zero-order chi connectivity index (χ0) is 8.43. The average molecular weight is 155 g/mol. The van der Waals surface area contributed by atoms with Crippen molar-refractivity contribution in [3.05, 3.63) is 5.82 Å². The first-order valence-corrected chi connectivity index (χ1v) is 3.60. The summed E-state index contributed by atoms with van der Waals surface area (Å²) in [5.41, 5.74) is 5.77. The summed E-state index contributed by atoms with van der Waals surface area (Å²) in [6.45, 7) is 4.06. The lowest BCUT2D eigenvalue weighted by molar-refractivity contribution is 0.487. The van der Waals surface area contributed by atoms with Crippen LogP contribution in [0.15, 0.2) is 0 Å². The van der Waals surface area contributed by atoms with Crippen molar-refractivity contribution in [3.8, 4) is 0 Å². The predicted molar refractivity (Wildman–Crippen MR) is 40.6 cm³/mol. The summed E-state index contributed by atoms with van der Waals surface area (Å²) in [5, 5.41) is 11.5. The van der Waals surface area contributed by atoms with Crippen LogP contribution in [0.5, 0.6) is 0 Å². The largest absolute Gasteiger partial charge is 0.321 e. The summed E-state index contributed by atoms with van der Waals surface area (Å²) in [5.74, 6) is 0.960. The van der Waals surface area contributed by atoms with Crippen molar-refractivity contribution in [3.63, 3.8) is 0 Å². The van der Waals surface area contributed by atoms with Gasteiger partial charge in [0.15, 0.2) is 5.82 Å². The summed E-state index contributed by atoms with van der Waals surface area (Å²) in [6, 6.07) is -0.108. The maximum Gasteiger partial charge on any atom is 0.191 e. The van der Waals surface area contributed by atoms with Gasteiger partial charge in [-0.1, -0.05) is 13.8 Å². The van der Waals surface area contributed by atoms with E-state index in [0.717, 1.165) is 0 Å². The molecule has 1 heterocycles. The van der Waals surface area contributed by atoms with Crippen LogP contribution in [-0.2, 0) is 7.05 Å². The highest BCUT2D eigenvalue weighted by Crippen LogP contribution is 2.12. The Morgan fingerprint density at radius 3 is 2.45 bits per heavy atom. The molecule has 5 nitrogen and oxygen atoms in total. The van der Waals surface area contributed by atoms with E-state index in [1.807, 2.05) is 13.8 Å². The van der Waals surface area contributed by atoms with Gasteiger partial charge in [-0.25, -0.2) is 0 Å². The van der Waals surface area contributed by atoms with Crippen LogP contribution >= 0.6 is 0 Å². The minimum Gasteiger partial charge on any atom is -0.321 e. The smallest absolute Gasteiger partial charge is 0.191 e. The highest BCUT2D eigenvalue weighted by atomic mass is 15.6. The minimum absolute atomic E-state index is 0.108. The fourth-order valence-corrected chi connectivity index (χ4v) is 0.730. The van der Waals surface area contributed by atoms with Gasteiger partial charge in [0.1, 0.15) is 0 Å². The van der Waals surface area contributed by atoms with E-state index in [2.05, 4.69) is 15.4 Å². The Balaban J connectivity index is 2.76. The second-order valence-corrected chi connectivity index (χ2v) is 2.91. The molecule has 0 aromatic carbocycles. The molecule has 0 aliphatic heterocycles. The van der Waals surface area contributed by atoms with Crippen LogP contribution < -0.4 is 5.73 Å². The first-order valence-electron chi connectivity index (χ1n) is 3.60. The summed E-state index contributed by atoms with van der Waals surface area (Å²) in [6.07, 6.45) is 0. The number of hydrogen-bond donors (Lipinski definition) is 1. The van der Waals surface area contributed by atoms with Crippen molar-refractivity contribution in [2.24, 2.45) is 18.7 Å². The Bertz CT molecular complexity index is 229. The van der Waals surface area contributed by atoms with E-state index in [1.165, 1.54) is 4.80 Å². The maximum atomic E-state index is 5.77. The quantitative estimate of drug-likeness (QED) is 0.645. The number of nitrogens with two attached hydrogens (primary N) is 1. The number of hydrogen-bond acceptors (Lipinski definition) is 4. The van der Waals surface area contributed by atoms with Gasteiger partial charge in [0.25, 0.3) is 0 Å². The monoisotopic (exact) mass is 155 g/mol. The second kappa shape index (κ2) is 2.96. The van der Waals surface area contributed by atoms with E-state index in [-0.39, 0.29) is 6.04 Å². The Hall–Kier alpha value is -0.970. The molecule has 0 saturated heterocycles. The predicted octanol–water partition coefficient (Wildman–Crippen LogP) is -0.134. The van der Waals surface area contributed by atoms with Crippen molar-refractivity contribution >= 4 is 0 Å². The Morgan fingerprint density at radius 2 is 2.09 bits per heavy atom. The topological polar surface area (TPSA) is 69.6 Å². The van der Waals surface area contributed by atoms with Gasteiger partial charge >= 0.3 is 0 Å². The van der Waals surface area contributed by atoms with Crippen LogP contribution in [-0.4, -0.2) is 20.2 Å². The first kappa shape index (κ1) is 8.13. The van der Waals surface area contributed by atoms with Crippen molar-refractivity contribution in [1.29, 1.82) is 0 Å². The Morgan fingerprint density at radius 1 is 1.45 bits per heavy atom. The van der Waals surface area contributed by atoms with Gasteiger partial charge < -0.3 is 5.73 Å². The lowest BCUT2D eigenvalue weighted by Gasteiger charge is -2.09. The third-order valence-electron chi connectivity index (χ3n) is 1.54. The molecule has 0 saturated carbocycles. The molecule has 0 spiro atoms. The highest BCUT2D eigenvalue weighted by Gasteiger charge is 2.14. The summed E-state index contributed by atoms with van der Waals surface area (Å²) < 4.78 is 0. The number of nitrogens with zero attached hydrogens (tertiary/aromatic N) is 4. The summed E-state index contributed by atoms with van der Waals surface area (Å²) in [7, 11) is 1.73. The average Bonchev–Trinajstić information content (AvgIpc) is 2.34. The SMILES string of the molecule is CC(C)C(N)c1nnn(C)n1. The summed E-state index contributed by atoms with van der Waals surface area (Å²) in [4.78, 5) is 1.41. The molecule has 0 fully saturated rings. The number of aromatic nitrogens is 4. The molecule has 0 amide bonds. The van der Waals surface area contributed by atoms with Crippen LogP contribution in [0.3, 0.4) is 0 Å². The zero-order valence-corrected chi connectivity index (χ0v) is 7.02. The van der Waals surface area contributed by atoms with Gasteiger partial charge in [-0.2, -0.15) is 4.80 Å². The fourth-order valence-electron chi connectivity index (χ4n) is 0.730. The van der Waals surface area contributed by atoms with Crippen molar-refractivity contribution < 1.29 is 0 Å². The van der Waals surface area contributed by atoms with Crippen LogP contribution in [0.25, 0.3) is 0 Å². The molecule has 11 heavy (non-hydrogen) atoms. The molecule has 0 aliphatic rings. The van der Waals surface area contributed by atoms with E-state index in [4.69, 9.17) is 5.73 Å². The maximum absolute atomic E-state index is 5.77. The van der Waals surface area contributed by atoms with Gasteiger partial charge in [-0.3, -0.25) is 0 Å². The normalized spacial score (nSPS) is 13.9. The molecule has 1 aromatic heterocycles. The Kier molecular flexibility index (Phi) is 2.19.